The molecule has 0 atom stereocenters. The van der Waals surface area contributed by atoms with E-state index >= 15 is 0 Å². The Morgan fingerprint density at radius 2 is 1.86 bits per heavy atom. The molecular formula is C20H18FN3O3S. The molecule has 8 heteroatoms. The number of nitrogens with zero attached hydrogens (tertiary/aromatic N) is 1. The number of carbonyl (C=O) groups is 1. The third-order valence-electron chi connectivity index (χ3n) is 3.92. The molecule has 3 aromatic rings. The molecular weight excluding hydrogens is 381 g/mol. The van der Waals surface area contributed by atoms with Crippen LogP contribution in [0.3, 0.4) is 0 Å². The lowest BCUT2D eigenvalue weighted by Crippen LogP contribution is -2.23. The Balaban J connectivity index is 1.77. The van der Waals surface area contributed by atoms with Gasteiger partial charge in [0.1, 0.15) is 5.82 Å². The summed E-state index contributed by atoms with van der Waals surface area (Å²) in [4.78, 5) is 16.3. The van der Waals surface area contributed by atoms with Crippen LogP contribution in [0.5, 0.6) is 0 Å². The molecule has 0 radical (unpaired) electrons. The van der Waals surface area contributed by atoms with E-state index in [0.717, 1.165) is 23.3 Å². The van der Waals surface area contributed by atoms with Gasteiger partial charge in [-0.05, 0) is 48.9 Å². The molecule has 28 heavy (non-hydrogen) atoms. The predicted molar refractivity (Wildman–Crippen MR) is 104 cm³/mol. The largest absolute Gasteiger partial charge is 0.348 e. The van der Waals surface area contributed by atoms with Crippen molar-refractivity contribution < 1.29 is 17.6 Å². The van der Waals surface area contributed by atoms with Crippen LogP contribution in [0.1, 0.15) is 21.5 Å². The van der Waals surface area contributed by atoms with E-state index in [1.165, 1.54) is 18.2 Å². The minimum absolute atomic E-state index is 0.00509. The van der Waals surface area contributed by atoms with Gasteiger partial charge in [0.15, 0.2) is 0 Å². The molecule has 0 bridgehead atoms. The molecule has 1 aromatic heterocycles. The number of pyridine rings is 1. The molecule has 144 valence electrons. The van der Waals surface area contributed by atoms with E-state index in [9.17, 15) is 17.6 Å². The summed E-state index contributed by atoms with van der Waals surface area (Å²) in [7, 11) is -3.90. The third kappa shape index (κ3) is 4.92. The van der Waals surface area contributed by atoms with Crippen molar-refractivity contribution in [3.63, 3.8) is 0 Å². The van der Waals surface area contributed by atoms with Crippen LogP contribution < -0.4 is 10.0 Å². The third-order valence-corrected chi connectivity index (χ3v) is 5.32. The van der Waals surface area contributed by atoms with E-state index in [4.69, 9.17) is 0 Å². The SMILES string of the molecule is Cc1ccc(S(=O)(=O)Nc2cc(F)cc(C(=O)NCc3cccnc3)c2)cc1. The summed E-state index contributed by atoms with van der Waals surface area (Å²) in [6.45, 7) is 2.06. The van der Waals surface area contributed by atoms with Crippen LogP contribution in [0, 0.1) is 12.7 Å². The number of nitrogens with one attached hydrogen (secondary N) is 2. The number of benzene rings is 2. The first kappa shape index (κ1) is 19.5. The van der Waals surface area contributed by atoms with Gasteiger partial charge in [-0.2, -0.15) is 0 Å². The maximum absolute atomic E-state index is 14.0. The Morgan fingerprint density at radius 3 is 2.54 bits per heavy atom. The molecule has 0 spiro atoms. The number of aromatic nitrogens is 1. The lowest BCUT2D eigenvalue weighted by molar-refractivity contribution is 0.0950. The van der Waals surface area contributed by atoms with Gasteiger partial charge >= 0.3 is 0 Å². The Labute approximate surface area is 162 Å². The molecule has 0 aliphatic rings. The number of halogens is 1. The Kier molecular flexibility index (Phi) is 5.70. The molecule has 2 aromatic carbocycles. The maximum Gasteiger partial charge on any atom is 0.261 e. The van der Waals surface area contributed by atoms with Crippen LogP contribution >= 0.6 is 0 Å². The first-order valence-corrected chi connectivity index (χ1v) is 9.89. The molecule has 0 fully saturated rings. The molecule has 6 nitrogen and oxygen atoms in total. The molecule has 2 N–H and O–H groups in total. The highest BCUT2D eigenvalue weighted by Gasteiger charge is 2.16. The average Bonchev–Trinajstić information content (AvgIpc) is 2.66. The number of anilines is 1. The van der Waals surface area contributed by atoms with Crippen LogP contribution in [0.2, 0.25) is 0 Å². The van der Waals surface area contributed by atoms with Crippen LogP contribution in [0.25, 0.3) is 0 Å². The van der Waals surface area contributed by atoms with Crippen molar-refractivity contribution in [2.45, 2.75) is 18.4 Å². The summed E-state index contributed by atoms with van der Waals surface area (Å²) in [6, 6.07) is 13.1. The van der Waals surface area contributed by atoms with E-state index in [2.05, 4.69) is 15.0 Å². The minimum Gasteiger partial charge on any atom is -0.348 e. The van der Waals surface area contributed by atoms with Gasteiger partial charge in [0.25, 0.3) is 15.9 Å². The second-order valence-corrected chi connectivity index (χ2v) is 7.87. The summed E-state index contributed by atoms with van der Waals surface area (Å²) in [5.74, 6) is -1.25. The van der Waals surface area contributed by atoms with E-state index in [0.29, 0.717) is 0 Å². The molecule has 1 amide bonds. The number of sulfonamides is 1. The highest BCUT2D eigenvalue weighted by Crippen LogP contribution is 2.19. The topological polar surface area (TPSA) is 88.2 Å². The van der Waals surface area contributed by atoms with Crippen LogP contribution in [0.4, 0.5) is 10.1 Å². The van der Waals surface area contributed by atoms with Gasteiger partial charge in [-0.15, -0.1) is 0 Å². The summed E-state index contributed by atoms with van der Waals surface area (Å²) < 4.78 is 41.2. The maximum atomic E-state index is 14.0. The van der Waals surface area contributed by atoms with Crippen molar-refractivity contribution >= 4 is 21.6 Å². The molecule has 0 aliphatic heterocycles. The van der Waals surface area contributed by atoms with E-state index < -0.39 is 21.7 Å². The quantitative estimate of drug-likeness (QED) is 0.666. The van der Waals surface area contributed by atoms with Gasteiger partial charge in [-0.25, -0.2) is 12.8 Å². The second-order valence-electron chi connectivity index (χ2n) is 6.19. The van der Waals surface area contributed by atoms with Crippen molar-refractivity contribution in [2.75, 3.05) is 4.72 Å². The number of aryl methyl sites for hydroxylation is 1. The van der Waals surface area contributed by atoms with Gasteiger partial charge in [0.2, 0.25) is 0 Å². The molecule has 0 unspecified atom stereocenters. The highest BCUT2D eigenvalue weighted by molar-refractivity contribution is 7.92. The fraction of sp³-hybridized carbons (Fsp3) is 0.100. The predicted octanol–water partition coefficient (Wildman–Crippen LogP) is 3.26. The van der Waals surface area contributed by atoms with Crippen molar-refractivity contribution in [1.82, 2.24) is 10.3 Å². The standard InChI is InChI=1S/C20H18FN3O3S/c1-14-4-6-19(7-5-14)28(26,27)24-18-10-16(9-17(21)11-18)20(25)23-13-15-3-2-8-22-12-15/h2-12,24H,13H2,1H3,(H,23,25). The monoisotopic (exact) mass is 399 g/mol. The molecule has 0 aliphatic carbocycles. The fourth-order valence-corrected chi connectivity index (χ4v) is 3.54. The van der Waals surface area contributed by atoms with Crippen LogP contribution in [0.15, 0.2) is 71.9 Å². The van der Waals surface area contributed by atoms with E-state index in [1.54, 1.807) is 36.7 Å². The summed E-state index contributed by atoms with van der Waals surface area (Å²) in [6.07, 6.45) is 3.22. The van der Waals surface area contributed by atoms with Crippen LogP contribution in [-0.2, 0) is 16.6 Å². The number of hydrogen-bond acceptors (Lipinski definition) is 4. The fourth-order valence-electron chi connectivity index (χ4n) is 2.50. The van der Waals surface area contributed by atoms with Crippen molar-refractivity contribution in [3.05, 3.63) is 89.5 Å². The molecule has 3 rings (SSSR count). The van der Waals surface area contributed by atoms with Crippen LogP contribution in [-0.4, -0.2) is 19.3 Å². The normalized spacial score (nSPS) is 11.1. The summed E-state index contributed by atoms with van der Waals surface area (Å²) in [5.41, 5.74) is 1.67. The average molecular weight is 399 g/mol. The number of hydrogen-bond donors (Lipinski definition) is 2. The van der Waals surface area contributed by atoms with E-state index in [-0.39, 0.29) is 22.7 Å². The van der Waals surface area contributed by atoms with Crippen molar-refractivity contribution in [3.8, 4) is 0 Å². The smallest absolute Gasteiger partial charge is 0.261 e. The highest BCUT2D eigenvalue weighted by atomic mass is 32.2. The van der Waals surface area contributed by atoms with Gasteiger partial charge < -0.3 is 5.32 Å². The molecule has 0 saturated carbocycles. The molecule has 0 saturated heterocycles. The zero-order valence-electron chi connectivity index (χ0n) is 15.0. The van der Waals surface area contributed by atoms with Gasteiger partial charge in [-0.3, -0.25) is 14.5 Å². The van der Waals surface area contributed by atoms with Gasteiger partial charge in [0.05, 0.1) is 10.6 Å². The Bertz CT molecular complexity index is 1090. The number of amides is 1. The first-order chi connectivity index (χ1) is 13.3. The lowest BCUT2D eigenvalue weighted by Gasteiger charge is -2.11. The zero-order chi connectivity index (χ0) is 20.1. The second kappa shape index (κ2) is 8.18. The summed E-state index contributed by atoms with van der Waals surface area (Å²) >= 11 is 0. The minimum atomic E-state index is -3.90. The number of rotatable bonds is 6. The van der Waals surface area contributed by atoms with Gasteiger partial charge in [-0.1, -0.05) is 23.8 Å². The Morgan fingerprint density at radius 1 is 1.11 bits per heavy atom. The van der Waals surface area contributed by atoms with E-state index in [1.807, 2.05) is 6.92 Å². The Hall–Kier alpha value is -3.26. The molecule has 1 heterocycles. The lowest BCUT2D eigenvalue weighted by atomic mass is 10.2. The van der Waals surface area contributed by atoms with Crippen molar-refractivity contribution in [1.29, 1.82) is 0 Å². The zero-order valence-corrected chi connectivity index (χ0v) is 15.8. The number of carbonyl (C=O) groups excluding carboxylic acids is 1. The first-order valence-electron chi connectivity index (χ1n) is 8.41. The van der Waals surface area contributed by atoms with Crippen molar-refractivity contribution in [2.24, 2.45) is 0 Å². The van der Waals surface area contributed by atoms with Gasteiger partial charge in [0, 0.05) is 24.5 Å². The summed E-state index contributed by atoms with van der Waals surface area (Å²) in [5, 5.41) is 2.65.